The van der Waals surface area contributed by atoms with Crippen molar-refractivity contribution in [1.29, 1.82) is 0 Å². The number of hydrogen-bond donors (Lipinski definition) is 1. The van der Waals surface area contributed by atoms with Crippen molar-refractivity contribution in [2.24, 2.45) is 0 Å². The van der Waals surface area contributed by atoms with Crippen LogP contribution in [0.3, 0.4) is 0 Å². The van der Waals surface area contributed by atoms with Crippen molar-refractivity contribution in [3.8, 4) is 5.75 Å². The number of likely N-dealkylation sites (tertiary alicyclic amines) is 1. The van der Waals surface area contributed by atoms with E-state index in [0.717, 1.165) is 24.9 Å². The first-order valence-corrected chi connectivity index (χ1v) is 9.54. The largest absolute Gasteiger partial charge is 0.488 e. The highest BCUT2D eigenvalue weighted by Crippen LogP contribution is 2.22. The Morgan fingerprint density at radius 1 is 1.15 bits per heavy atom. The molecule has 1 fully saturated rings. The second kappa shape index (κ2) is 9.42. The number of para-hydroxylation sites is 1. The van der Waals surface area contributed by atoms with Gasteiger partial charge in [0.15, 0.2) is 0 Å². The molecule has 2 amide bonds. The van der Waals surface area contributed by atoms with Crippen molar-refractivity contribution in [2.45, 2.75) is 25.9 Å². The van der Waals surface area contributed by atoms with E-state index in [2.05, 4.69) is 5.32 Å². The molecule has 142 valence electrons. The molecule has 2 aromatic carbocycles. The number of rotatable bonds is 8. The normalized spacial score (nSPS) is 13.7. The van der Waals surface area contributed by atoms with E-state index in [1.807, 2.05) is 35.2 Å². The van der Waals surface area contributed by atoms with Crippen LogP contribution in [-0.4, -0.2) is 36.3 Å². The van der Waals surface area contributed by atoms with Gasteiger partial charge in [-0.25, -0.2) is 0 Å². The Morgan fingerprint density at radius 3 is 2.70 bits per heavy atom. The zero-order valence-corrected chi connectivity index (χ0v) is 15.9. The Morgan fingerprint density at radius 2 is 1.93 bits per heavy atom. The summed E-state index contributed by atoms with van der Waals surface area (Å²) < 4.78 is 5.83. The monoisotopic (exact) mass is 386 g/mol. The van der Waals surface area contributed by atoms with Gasteiger partial charge >= 0.3 is 0 Å². The van der Waals surface area contributed by atoms with Gasteiger partial charge in [-0.3, -0.25) is 9.59 Å². The molecule has 1 saturated heterocycles. The first-order chi connectivity index (χ1) is 13.1. The fraction of sp³-hybridized carbons (Fsp3) is 0.333. The highest BCUT2D eigenvalue weighted by atomic mass is 35.5. The molecule has 27 heavy (non-hydrogen) atoms. The fourth-order valence-electron chi connectivity index (χ4n) is 3.06. The molecule has 0 saturated carbocycles. The number of hydrogen-bond acceptors (Lipinski definition) is 3. The lowest BCUT2D eigenvalue weighted by atomic mass is 10.2. The first kappa shape index (κ1) is 19.2. The smallest absolute Gasteiger partial charge is 0.255 e. The van der Waals surface area contributed by atoms with Crippen LogP contribution >= 0.6 is 11.6 Å². The van der Waals surface area contributed by atoms with Crippen molar-refractivity contribution in [2.75, 3.05) is 19.6 Å². The summed E-state index contributed by atoms with van der Waals surface area (Å²) in [6.07, 6.45) is 2.31. The molecule has 1 aliphatic rings. The summed E-state index contributed by atoms with van der Waals surface area (Å²) in [6.45, 7) is 2.32. The molecule has 6 heteroatoms. The lowest BCUT2D eigenvalue weighted by molar-refractivity contribution is -0.127. The van der Waals surface area contributed by atoms with Gasteiger partial charge in [0.1, 0.15) is 12.4 Å². The molecule has 0 spiro atoms. The van der Waals surface area contributed by atoms with Crippen molar-refractivity contribution >= 4 is 23.4 Å². The number of amides is 2. The average Bonchev–Trinajstić information content (AvgIpc) is 3.09. The van der Waals surface area contributed by atoms with E-state index >= 15 is 0 Å². The number of halogens is 1. The number of nitrogens with one attached hydrogen (secondary N) is 1. The van der Waals surface area contributed by atoms with E-state index in [4.69, 9.17) is 16.3 Å². The summed E-state index contributed by atoms with van der Waals surface area (Å²) in [5, 5.41) is 3.54. The maximum Gasteiger partial charge on any atom is 0.255 e. The third kappa shape index (κ3) is 5.23. The quantitative estimate of drug-likeness (QED) is 0.704. The molecule has 0 aromatic heterocycles. The summed E-state index contributed by atoms with van der Waals surface area (Å²) in [5.74, 6) is 0.543. The minimum atomic E-state index is -0.183. The molecule has 0 radical (unpaired) electrons. The summed E-state index contributed by atoms with van der Waals surface area (Å²) in [4.78, 5) is 26.0. The number of carbonyl (C=O) groups excluding carboxylic acids is 2. The highest BCUT2D eigenvalue weighted by Gasteiger charge is 2.19. The van der Waals surface area contributed by atoms with Crippen LogP contribution in [0.2, 0.25) is 5.02 Å². The van der Waals surface area contributed by atoms with Gasteiger partial charge in [-0.15, -0.1) is 0 Å². The Kier molecular flexibility index (Phi) is 6.71. The Balaban J connectivity index is 1.52. The molecule has 1 N–H and O–H groups in total. The molecule has 1 heterocycles. The van der Waals surface area contributed by atoms with Gasteiger partial charge < -0.3 is 15.0 Å². The Hall–Kier alpha value is -2.53. The van der Waals surface area contributed by atoms with E-state index in [-0.39, 0.29) is 11.8 Å². The van der Waals surface area contributed by atoms with Crippen LogP contribution in [0.4, 0.5) is 0 Å². The van der Waals surface area contributed by atoms with Crippen molar-refractivity contribution in [1.82, 2.24) is 10.2 Å². The lowest BCUT2D eigenvalue weighted by Gasteiger charge is -2.16. The van der Waals surface area contributed by atoms with Crippen LogP contribution in [0.1, 0.15) is 35.2 Å². The third-order valence-corrected chi connectivity index (χ3v) is 4.90. The lowest BCUT2D eigenvalue weighted by Crippen LogP contribution is -2.30. The second-order valence-corrected chi connectivity index (χ2v) is 6.88. The van der Waals surface area contributed by atoms with Gasteiger partial charge in [-0.1, -0.05) is 41.9 Å². The standard InChI is InChI=1S/C21H23ClN2O3/c22-18-9-3-1-7-16(18)15-27-19-10-4-2-8-17(19)21(26)23-12-6-14-24-13-5-11-20(24)25/h1-4,7-10H,5-6,11-15H2,(H,23,26). The predicted molar refractivity (Wildman–Crippen MR) is 105 cm³/mol. The third-order valence-electron chi connectivity index (χ3n) is 4.53. The minimum Gasteiger partial charge on any atom is -0.488 e. The van der Waals surface area contributed by atoms with E-state index < -0.39 is 0 Å². The van der Waals surface area contributed by atoms with E-state index in [1.54, 1.807) is 18.2 Å². The topological polar surface area (TPSA) is 58.6 Å². The zero-order valence-electron chi connectivity index (χ0n) is 15.1. The van der Waals surface area contributed by atoms with Crippen molar-refractivity contribution < 1.29 is 14.3 Å². The SMILES string of the molecule is O=C(NCCCN1CCCC1=O)c1ccccc1OCc1ccccc1Cl. The van der Waals surface area contributed by atoms with Gasteiger partial charge in [0.05, 0.1) is 5.56 Å². The zero-order chi connectivity index (χ0) is 19.1. The summed E-state index contributed by atoms with van der Waals surface area (Å²) >= 11 is 6.15. The highest BCUT2D eigenvalue weighted by molar-refractivity contribution is 6.31. The molecular formula is C21H23ClN2O3. The van der Waals surface area contributed by atoms with Crippen molar-refractivity contribution in [3.63, 3.8) is 0 Å². The molecule has 2 aromatic rings. The average molecular weight is 387 g/mol. The molecule has 0 atom stereocenters. The van der Waals surface area contributed by atoms with Gasteiger partial charge in [-0.05, 0) is 31.0 Å². The van der Waals surface area contributed by atoms with E-state index in [9.17, 15) is 9.59 Å². The number of nitrogens with zero attached hydrogens (tertiary/aromatic N) is 1. The summed E-state index contributed by atoms with van der Waals surface area (Å²) in [5.41, 5.74) is 1.35. The molecule has 0 bridgehead atoms. The van der Waals surface area contributed by atoms with Gasteiger partial charge in [0, 0.05) is 36.6 Å². The van der Waals surface area contributed by atoms with Crippen LogP contribution < -0.4 is 10.1 Å². The number of benzene rings is 2. The molecule has 1 aliphatic heterocycles. The molecule has 0 unspecified atom stereocenters. The molecular weight excluding hydrogens is 364 g/mol. The van der Waals surface area contributed by atoms with Crippen LogP contribution in [-0.2, 0) is 11.4 Å². The van der Waals surface area contributed by atoms with Gasteiger partial charge in [0.2, 0.25) is 5.91 Å². The summed E-state index contributed by atoms with van der Waals surface area (Å²) in [7, 11) is 0. The maximum absolute atomic E-state index is 12.5. The van der Waals surface area contributed by atoms with E-state index in [0.29, 0.717) is 42.5 Å². The van der Waals surface area contributed by atoms with Crippen LogP contribution in [0.5, 0.6) is 5.75 Å². The van der Waals surface area contributed by atoms with E-state index in [1.165, 1.54) is 0 Å². The van der Waals surface area contributed by atoms with Crippen LogP contribution in [0.25, 0.3) is 0 Å². The van der Waals surface area contributed by atoms with Gasteiger partial charge in [0.25, 0.3) is 5.91 Å². The van der Waals surface area contributed by atoms with Gasteiger partial charge in [-0.2, -0.15) is 0 Å². The fourth-order valence-corrected chi connectivity index (χ4v) is 3.25. The Bertz CT molecular complexity index is 810. The predicted octanol–water partition coefficient (Wildman–Crippen LogP) is 3.66. The summed E-state index contributed by atoms with van der Waals surface area (Å²) in [6, 6.07) is 14.6. The molecule has 3 rings (SSSR count). The van der Waals surface area contributed by atoms with Crippen LogP contribution in [0.15, 0.2) is 48.5 Å². The van der Waals surface area contributed by atoms with Crippen LogP contribution in [0, 0.1) is 0 Å². The molecule has 5 nitrogen and oxygen atoms in total. The minimum absolute atomic E-state index is 0.183. The molecule has 0 aliphatic carbocycles. The second-order valence-electron chi connectivity index (χ2n) is 6.47. The first-order valence-electron chi connectivity index (χ1n) is 9.16. The number of carbonyl (C=O) groups is 2. The maximum atomic E-state index is 12.5. The number of ether oxygens (including phenoxy) is 1. The van der Waals surface area contributed by atoms with Crippen molar-refractivity contribution in [3.05, 3.63) is 64.7 Å². The Labute approximate surface area is 164 Å².